The summed E-state index contributed by atoms with van der Waals surface area (Å²) in [7, 11) is 0. The maximum atomic E-state index is 14.1. The number of hydrogen-bond donors (Lipinski definition) is 1. The van der Waals surface area contributed by atoms with E-state index >= 15 is 0 Å². The van der Waals surface area contributed by atoms with Crippen molar-refractivity contribution in [2.75, 3.05) is 19.8 Å². The predicted molar refractivity (Wildman–Crippen MR) is 88.5 cm³/mol. The van der Waals surface area contributed by atoms with Gasteiger partial charge in [-0.05, 0) is 30.5 Å². The minimum absolute atomic E-state index is 0.276. The molecule has 0 aromatic heterocycles. The Morgan fingerprint density at radius 3 is 2.65 bits per heavy atom. The van der Waals surface area contributed by atoms with Gasteiger partial charge < -0.3 is 19.5 Å². The summed E-state index contributed by atoms with van der Waals surface area (Å²) in [5.41, 5.74) is 0.345. The highest BCUT2D eigenvalue weighted by atomic mass is 19.1. The lowest BCUT2D eigenvalue weighted by Crippen LogP contribution is -2.31. The van der Waals surface area contributed by atoms with E-state index in [9.17, 15) is 18.7 Å². The number of benzene rings is 2. The molecule has 1 N–H and O–H groups in total. The van der Waals surface area contributed by atoms with Gasteiger partial charge in [0, 0.05) is 18.7 Å². The van der Waals surface area contributed by atoms with E-state index in [0.29, 0.717) is 43.7 Å². The van der Waals surface area contributed by atoms with Crippen LogP contribution in [-0.2, 0) is 0 Å². The number of carbonyl (C=O) groups is 1. The van der Waals surface area contributed by atoms with Crippen molar-refractivity contribution in [1.82, 2.24) is 4.90 Å². The first-order valence-corrected chi connectivity index (χ1v) is 8.43. The lowest BCUT2D eigenvalue weighted by molar-refractivity contribution is 0.0727. The topological polar surface area (TPSA) is 59.0 Å². The van der Waals surface area contributed by atoms with Crippen molar-refractivity contribution in [3.63, 3.8) is 0 Å². The SMILES string of the molecule is O=C(c1c(O)cc(F)cc1F)N1CCC[C@H]1c1ccc2c(c1)OCCO2. The second kappa shape index (κ2) is 6.48. The summed E-state index contributed by atoms with van der Waals surface area (Å²) < 4.78 is 38.4. The fraction of sp³-hybridized carbons (Fsp3) is 0.316. The molecule has 2 aromatic carbocycles. The van der Waals surface area contributed by atoms with E-state index in [-0.39, 0.29) is 6.04 Å². The molecule has 0 saturated carbocycles. The molecule has 2 heterocycles. The molecule has 7 heteroatoms. The number of ether oxygens (including phenoxy) is 2. The molecule has 0 radical (unpaired) electrons. The van der Waals surface area contributed by atoms with Crippen LogP contribution in [0.5, 0.6) is 17.2 Å². The third-order valence-electron chi connectivity index (χ3n) is 4.71. The minimum atomic E-state index is -1.07. The van der Waals surface area contributed by atoms with Crippen LogP contribution in [0.1, 0.15) is 34.8 Å². The van der Waals surface area contributed by atoms with Crippen LogP contribution in [0.2, 0.25) is 0 Å². The van der Waals surface area contributed by atoms with Crippen LogP contribution in [0.15, 0.2) is 30.3 Å². The number of hydrogen-bond acceptors (Lipinski definition) is 4. The Morgan fingerprint density at radius 2 is 1.88 bits per heavy atom. The third kappa shape index (κ3) is 2.83. The Morgan fingerprint density at radius 1 is 1.12 bits per heavy atom. The molecule has 136 valence electrons. The average Bonchev–Trinajstić information content (AvgIpc) is 3.10. The Labute approximate surface area is 148 Å². The van der Waals surface area contributed by atoms with Gasteiger partial charge in [-0.2, -0.15) is 0 Å². The molecule has 2 aliphatic rings. The van der Waals surface area contributed by atoms with Gasteiger partial charge in [0.15, 0.2) is 11.5 Å². The van der Waals surface area contributed by atoms with E-state index in [2.05, 4.69) is 0 Å². The van der Waals surface area contributed by atoms with E-state index in [0.717, 1.165) is 18.1 Å². The van der Waals surface area contributed by atoms with Crippen molar-refractivity contribution in [2.45, 2.75) is 18.9 Å². The molecular weight excluding hydrogens is 344 g/mol. The number of amides is 1. The standard InChI is InChI=1S/C19H17F2NO4/c20-12-9-13(21)18(15(23)10-12)19(24)22-5-1-2-14(22)11-3-4-16-17(8-11)26-7-6-25-16/h3-4,8-10,14,23H,1-2,5-7H2/t14-/m0/s1. The van der Waals surface area contributed by atoms with Crippen molar-refractivity contribution in [3.05, 3.63) is 53.1 Å². The molecule has 1 atom stereocenters. The third-order valence-corrected chi connectivity index (χ3v) is 4.71. The van der Waals surface area contributed by atoms with Gasteiger partial charge in [0.1, 0.15) is 36.2 Å². The van der Waals surface area contributed by atoms with E-state index in [1.807, 2.05) is 12.1 Å². The van der Waals surface area contributed by atoms with Gasteiger partial charge in [-0.3, -0.25) is 4.79 Å². The molecule has 1 fully saturated rings. The van der Waals surface area contributed by atoms with Crippen molar-refractivity contribution < 1.29 is 28.2 Å². The Balaban J connectivity index is 1.66. The molecule has 26 heavy (non-hydrogen) atoms. The van der Waals surface area contributed by atoms with E-state index in [4.69, 9.17) is 9.47 Å². The largest absolute Gasteiger partial charge is 0.507 e. The maximum Gasteiger partial charge on any atom is 0.261 e. The number of halogens is 2. The summed E-state index contributed by atoms with van der Waals surface area (Å²) in [5, 5.41) is 9.85. The average molecular weight is 361 g/mol. The lowest BCUT2D eigenvalue weighted by atomic mass is 10.0. The number of rotatable bonds is 2. The van der Waals surface area contributed by atoms with Crippen LogP contribution in [-0.4, -0.2) is 35.7 Å². The fourth-order valence-electron chi connectivity index (χ4n) is 3.54. The summed E-state index contributed by atoms with van der Waals surface area (Å²) in [6.45, 7) is 1.37. The summed E-state index contributed by atoms with van der Waals surface area (Å²) in [6, 6.07) is 6.53. The summed E-state index contributed by atoms with van der Waals surface area (Å²) >= 11 is 0. The summed E-state index contributed by atoms with van der Waals surface area (Å²) in [5.74, 6) is -2.08. The van der Waals surface area contributed by atoms with E-state index in [1.165, 1.54) is 4.90 Å². The maximum absolute atomic E-state index is 14.1. The summed E-state index contributed by atoms with van der Waals surface area (Å²) in [4.78, 5) is 14.3. The van der Waals surface area contributed by atoms with Gasteiger partial charge in [0.05, 0.1) is 6.04 Å². The zero-order valence-electron chi connectivity index (χ0n) is 13.9. The lowest BCUT2D eigenvalue weighted by Gasteiger charge is -2.27. The second-order valence-electron chi connectivity index (χ2n) is 6.34. The molecule has 5 nitrogen and oxygen atoms in total. The molecular formula is C19H17F2NO4. The van der Waals surface area contributed by atoms with Gasteiger partial charge in [0.25, 0.3) is 5.91 Å². The molecule has 2 aromatic rings. The number of aromatic hydroxyl groups is 1. The smallest absolute Gasteiger partial charge is 0.261 e. The van der Waals surface area contributed by atoms with Gasteiger partial charge in [-0.25, -0.2) is 8.78 Å². The fourth-order valence-corrected chi connectivity index (χ4v) is 3.54. The van der Waals surface area contributed by atoms with Crippen LogP contribution in [0.4, 0.5) is 8.78 Å². The van der Waals surface area contributed by atoms with Crippen molar-refractivity contribution >= 4 is 5.91 Å². The predicted octanol–water partition coefficient (Wildman–Crippen LogP) is 3.42. The molecule has 4 rings (SSSR count). The van der Waals surface area contributed by atoms with Crippen LogP contribution in [0.3, 0.4) is 0 Å². The Bertz CT molecular complexity index is 848. The van der Waals surface area contributed by atoms with Gasteiger partial charge in [-0.1, -0.05) is 6.07 Å². The first-order chi connectivity index (χ1) is 12.5. The van der Waals surface area contributed by atoms with Crippen LogP contribution in [0.25, 0.3) is 0 Å². The van der Waals surface area contributed by atoms with E-state index in [1.54, 1.807) is 6.07 Å². The number of carbonyl (C=O) groups excluding carboxylic acids is 1. The highest BCUT2D eigenvalue weighted by Crippen LogP contribution is 2.39. The van der Waals surface area contributed by atoms with Crippen molar-refractivity contribution in [2.24, 2.45) is 0 Å². The molecule has 0 aliphatic carbocycles. The number of likely N-dealkylation sites (tertiary alicyclic amines) is 1. The van der Waals surface area contributed by atoms with Crippen LogP contribution in [0, 0.1) is 11.6 Å². The molecule has 0 bridgehead atoms. The van der Waals surface area contributed by atoms with Crippen molar-refractivity contribution in [3.8, 4) is 17.2 Å². The van der Waals surface area contributed by atoms with Crippen molar-refractivity contribution in [1.29, 1.82) is 0 Å². The summed E-state index contributed by atoms with van der Waals surface area (Å²) in [6.07, 6.45) is 1.45. The Kier molecular flexibility index (Phi) is 4.14. The first-order valence-electron chi connectivity index (χ1n) is 8.43. The highest BCUT2D eigenvalue weighted by molar-refractivity contribution is 5.97. The van der Waals surface area contributed by atoms with Crippen LogP contribution >= 0.6 is 0 Å². The first kappa shape index (κ1) is 16.6. The van der Waals surface area contributed by atoms with Gasteiger partial charge in [0.2, 0.25) is 0 Å². The molecule has 0 unspecified atom stereocenters. The monoisotopic (exact) mass is 361 g/mol. The van der Waals surface area contributed by atoms with Gasteiger partial charge in [-0.15, -0.1) is 0 Å². The number of phenolic OH excluding ortho intramolecular Hbond substituents is 1. The number of fused-ring (bicyclic) bond motifs is 1. The molecule has 1 amide bonds. The number of phenols is 1. The second-order valence-corrected chi connectivity index (χ2v) is 6.34. The molecule has 1 saturated heterocycles. The Hall–Kier alpha value is -2.83. The normalized spacial score (nSPS) is 18.8. The zero-order valence-corrected chi connectivity index (χ0v) is 13.9. The minimum Gasteiger partial charge on any atom is -0.507 e. The quantitative estimate of drug-likeness (QED) is 0.891. The zero-order chi connectivity index (χ0) is 18.3. The molecule has 2 aliphatic heterocycles. The highest BCUT2D eigenvalue weighted by Gasteiger charge is 2.34. The molecule has 0 spiro atoms. The van der Waals surface area contributed by atoms with E-state index < -0.39 is 28.9 Å². The van der Waals surface area contributed by atoms with Gasteiger partial charge >= 0.3 is 0 Å². The van der Waals surface area contributed by atoms with Crippen LogP contribution < -0.4 is 9.47 Å². The number of nitrogens with zero attached hydrogens (tertiary/aromatic N) is 1.